The molecule has 1 aromatic rings. The number of hydrogen-bond donors (Lipinski definition) is 1. The van der Waals surface area contributed by atoms with Crippen LogP contribution in [-0.2, 0) is 11.3 Å². The van der Waals surface area contributed by atoms with Crippen molar-refractivity contribution in [2.45, 2.75) is 32.3 Å². The number of nitrogen functional groups attached to an aromatic ring is 1. The van der Waals surface area contributed by atoms with E-state index < -0.39 is 8.07 Å². The van der Waals surface area contributed by atoms with Crippen LogP contribution in [0.1, 0.15) is 5.82 Å². The molecule has 5 heteroatoms. The van der Waals surface area contributed by atoms with Gasteiger partial charge in [0, 0.05) is 20.9 Å². The quantitative estimate of drug-likeness (QED) is 0.614. The van der Waals surface area contributed by atoms with Gasteiger partial charge < -0.3 is 10.5 Å². The number of nitrogens with two attached hydrogens (primary N) is 1. The van der Waals surface area contributed by atoms with Gasteiger partial charge in [0.2, 0.25) is 0 Å². The monoisotopic (exact) mass is 225 g/mol. The fourth-order valence-corrected chi connectivity index (χ4v) is 1.78. The molecule has 0 spiro atoms. The van der Waals surface area contributed by atoms with Crippen molar-refractivity contribution in [1.29, 1.82) is 0 Å². The van der Waals surface area contributed by atoms with Crippen molar-refractivity contribution in [2.75, 3.05) is 12.3 Å². The molecule has 0 aliphatic rings. The number of ether oxygens (including phenoxy) is 1. The lowest BCUT2D eigenvalue weighted by Crippen LogP contribution is -2.21. The van der Waals surface area contributed by atoms with E-state index in [-0.39, 0.29) is 0 Å². The first-order chi connectivity index (χ1) is 6.97. The molecule has 1 aromatic heterocycles. The van der Waals surface area contributed by atoms with E-state index in [9.17, 15) is 0 Å². The number of hydrogen-bond acceptors (Lipinski definition) is 4. The van der Waals surface area contributed by atoms with Gasteiger partial charge in [0.05, 0.1) is 0 Å². The molecule has 0 fully saturated rings. The van der Waals surface area contributed by atoms with Crippen LogP contribution in [0.25, 0.3) is 0 Å². The van der Waals surface area contributed by atoms with E-state index in [1.54, 1.807) is 12.3 Å². The van der Waals surface area contributed by atoms with Crippen LogP contribution in [-0.4, -0.2) is 24.6 Å². The predicted molar refractivity (Wildman–Crippen MR) is 64.3 cm³/mol. The normalized spacial score (nSPS) is 11.7. The fourth-order valence-electron chi connectivity index (χ4n) is 1.03. The molecule has 0 aromatic carbocycles. The summed E-state index contributed by atoms with van der Waals surface area (Å²) in [4.78, 5) is 8.13. The van der Waals surface area contributed by atoms with Crippen molar-refractivity contribution < 1.29 is 4.74 Å². The molecule has 4 nitrogen and oxygen atoms in total. The first-order valence-corrected chi connectivity index (χ1v) is 8.83. The summed E-state index contributed by atoms with van der Waals surface area (Å²) in [6.45, 7) is 8.22. The highest BCUT2D eigenvalue weighted by molar-refractivity contribution is 6.76. The Bertz CT molecular complexity index is 312. The lowest BCUT2D eigenvalue weighted by atomic mass is 10.5. The van der Waals surface area contributed by atoms with E-state index in [0.717, 1.165) is 12.7 Å². The standard InChI is InChI=1S/C10H19N3OSi/c1-15(2,3)7-6-14-8-10-12-5-4-9(11)13-10/h4-5H,6-8H2,1-3H3,(H2,11,12,13). The summed E-state index contributed by atoms with van der Waals surface area (Å²) in [7, 11) is -0.997. The lowest BCUT2D eigenvalue weighted by Gasteiger charge is -2.14. The zero-order valence-electron chi connectivity index (χ0n) is 9.66. The summed E-state index contributed by atoms with van der Waals surface area (Å²) < 4.78 is 5.50. The SMILES string of the molecule is C[Si](C)(C)CCOCc1nccc(N)n1. The van der Waals surface area contributed by atoms with Crippen LogP contribution in [0, 0.1) is 0 Å². The Morgan fingerprint density at radius 1 is 1.40 bits per heavy atom. The summed E-state index contributed by atoms with van der Waals surface area (Å²) in [6.07, 6.45) is 1.65. The minimum atomic E-state index is -0.997. The van der Waals surface area contributed by atoms with Gasteiger partial charge in [-0.25, -0.2) is 9.97 Å². The second-order valence-electron chi connectivity index (χ2n) is 4.76. The van der Waals surface area contributed by atoms with Gasteiger partial charge in [0.1, 0.15) is 12.4 Å². The molecule has 0 bridgehead atoms. The Labute approximate surface area is 91.9 Å². The van der Waals surface area contributed by atoms with Crippen LogP contribution in [0.2, 0.25) is 25.7 Å². The Hall–Kier alpha value is -0.943. The van der Waals surface area contributed by atoms with Crippen molar-refractivity contribution in [3.8, 4) is 0 Å². The van der Waals surface area contributed by atoms with Gasteiger partial charge in [0.25, 0.3) is 0 Å². The summed E-state index contributed by atoms with van der Waals surface area (Å²) in [5, 5.41) is 0. The maximum atomic E-state index is 5.53. The van der Waals surface area contributed by atoms with E-state index in [2.05, 4.69) is 29.6 Å². The molecule has 0 saturated heterocycles. The number of nitrogens with zero attached hydrogens (tertiary/aromatic N) is 2. The van der Waals surface area contributed by atoms with Crippen LogP contribution in [0.5, 0.6) is 0 Å². The first-order valence-electron chi connectivity index (χ1n) is 5.12. The van der Waals surface area contributed by atoms with Gasteiger partial charge in [-0.05, 0) is 12.1 Å². The van der Waals surface area contributed by atoms with Crippen molar-refractivity contribution in [2.24, 2.45) is 0 Å². The molecule has 15 heavy (non-hydrogen) atoms. The molecule has 0 atom stereocenters. The highest BCUT2D eigenvalue weighted by Crippen LogP contribution is 2.08. The lowest BCUT2D eigenvalue weighted by molar-refractivity contribution is 0.127. The van der Waals surface area contributed by atoms with Gasteiger partial charge in [-0.15, -0.1) is 0 Å². The van der Waals surface area contributed by atoms with Crippen molar-refractivity contribution in [3.63, 3.8) is 0 Å². The predicted octanol–water partition coefficient (Wildman–Crippen LogP) is 1.91. The maximum absolute atomic E-state index is 5.53. The maximum Gasteiger partial charge on any atom is 0.156 e. The molecule has 0 saturated carbocycles. The van der Waals surface area contributed by atoms with Gasteiger partial charge in [-0.3, -0.25) is 0 Å². The Kier molecular flexibility index (Phi) is 4.23. The average Bonchev–Trinajstić information content (AvgIpc) is 2.11. The molecule has 1 heterocycles. The van der Waals surface area contributed by atoms with E-state index in [0.29, 0.717) is 18.2 Å². The molecular formula is C10H19N3OSi. The summed E-state index contributed by atoms with van der Waals surface area (Å²) >= 11 is 0. The minimum Gasteiger partial charge on any atom is -0.384 e. The molecule has 0 aliphatic carbocycles. The van der Waals surface area contributed by atoms with Crippen LogP contribution in [0.3, 0.4) is 0 Å². The van der Waals surface area contributed by atoms with Crippen LogP contribution >= 0.6 is 0 Å². The number of rotatable bonds is 5. The molecule has 1 rings (SSSR count). The molecule has 84 valence electrons. The first kappa shape index (κ1) is 12.1. The topological polar surface area (TPSA) is 61.0 Å². The zero-order valence-corrected chi connectivity index (χ0v) is 10.7. The third-order valence-corrected chi connectivity index (χ3v) is 3.66. The number of aromatic nitrogens is 2. The molecule has 0 amide bonds. The van der Waals surface area contributed by atoms with Crippen LogP contribution in [0.15, 0.2) is 12.3 Å². The molecular weight excluding hydrogens is 206 g/mol. The van der Waals surface area contributed by atoms with Crippen molar-refractivity contribution >= 4 is 13.9 Å². The van der Waals surface area contributed by atoms with Crippen molar-refractivity contribution in [3.05, 3.63) is 18.1 Å². The van der Waals surface area contributed by atoms with E-state index in [1.807, 2.05) is 0 Å². The number of anilines is 1. The smallest absolute Gasteiger partial charge is 0.156 e. The van der Waals surface area contributed by atoms with Crippen molar-refractivity contribution in [1.82, 2.24) is 9.97 Å². The molecule has 0 aliphatic heterocycles. The van der Waals surface area contributed by atoms with Crippen LogP contribution < -0.4 is 5.73 Å². The summed E-state index contributed by atoms with van der Waals surface area (Å²) in [6, 6.07) is 2.83. The van der Waals surface area contributed by atoms with E-state index >= 15 is 0 Å². The highest BCUT2D eigenvalue weighted by atomic mass is 28.3. The fraction of sp³-hybridized carbons (Fsp3) is 0.600. The average molecular weight is 225 g/mol. The molecule has 0 radical (unpaired) electrons. The third-order valence-electron chi connectivity index (χ3n) is 1.95. The summed E-state index contributed by atoms with van der Waals surface area (Å²) in [5.41, 5.74) is 5.53. The van der Waals surface area contributed by atoms with E-state index in [4.69, 9.17) is 10.5 Å². The van der Waals surface area contributed by atoms with Gasteiger partial charge in [0.15, 0.2) is 5.82 Å². The van der Waals surface area contributed by atoms with Gasteiger partial charge >= 0.3 is 0 Å². The third kappa shape index (κ3) is 5.49. The zero-order chi connectivity index (χ0) is 11.3. The minimum absolute atomic E-state index is 0.454. The molecule has 2 N–H and O–H groups in total. The van der Waals surface area contributed by atoms with E-state index in [1.165, 1.54) is 0 Å². The Morgan fingerprint density at radius 2 is 2.13 bits per heavy atom. The summed E-state index contributed by atoms with van der Waals surface area (Å²) in [5.74, 6) is 1.15. The molecule has 0 unspecified atom stereocenters. The second kappa shape index (κ2) is 5.23. The van der Waals surface area contributed by atoms with Gasteiger partial charge in [-0.2, -0.15) is 0 Å². The largest absolute Gasteiger partial charge is 0.384 e. The Morgan fingerprint density at radius 3 is 2.73 bits per heavy atom. The Balaban J connectivity index is 2.26. The van der Waals surface area contributed by atoms with Crippen LogP contribution in [0.4, 0.5) is 5.82 Å². The van der Waals surface area contributed by atoms with Gasteiger partial charge in [-0.1, -0.05) is 19.6 Å². The highest BCUT2D eigenvalue weighted by Gasteiger charge is 2.12. The second-order valence-corrected chi connectivity index (χ2v) is 10.4.